The van der Waals surface area contributed by atoms with E-state index >= 15 is 0 Å². The molecule has 0 saturated heterocycles. The van der Waals surface area contributed by atoms with Crippen LogP contribution in [0.1, 0.15) is 18.7 Å². The van der Waals surface area contributed by atoms with Crippen molar-refractivity contribution >= 4 is 0 Å². The van der Waals surface area contributed by atoms with Gasteiger partial charge >= 0.3 is 0 Å². The second kappa shape index (κ2) is 4.70. The molecule has 0 spiro atoms. The zero-order chi connectivity index (χ0) is 10.5. The lowest BCUT2D eigenvalue weighted by molar-refractivity contribution is 0.375. The zero-order valence-corrected chi connectivity index (χ0v) is 8.31. The Kier molecular flexibility index (Phi) is 3.08. The summed E-state index contributed by atoms with van der Waals surface area (Å²) >= 11 is 0. The van der Waals surface area contributed by atoms with Crippen LogP contribution in [0, 0.1) is 0 Å². The Morgan fingerprint density at radius 3 is 3.07 bits per heavy atom. The van der Waals surface area contributed by atoms with Crippen molar-refractivity contribution in [3.05, 3.63) is 18.3 Å². The fourth-order valence-electron chi connectivity index (χ4n) is 1.26. The van der Waals surface area contributed by atoms with E-state index in [0.29, 0.717) is 24.1 Å². The molecule has 0 amide bonds. The van der Waals surface area contributed by atoms with Crippen molar-refractivity contribution in [3.8, 4) is 11.6 Å². The lowest BCUT2D eigenvalue weighted by Gasteiger charge is -1.91. The predicted octanol–water partition coefficient (Wildman–Crippen LogP) is 0.741. The molecule has 0 aliphatic rings. The molecule has 0 saturated carbocycles. The van der Waals surface area contributed by atoms with Crippen LogP contribution in [0.5, 0.6) is 0 Å². The lowest BCUT2D eigenvalue weighted by Crippen LogP contribution is -1.99. The molecule has 15 heavy (non-hydrogen) atoms. The van der Waals surface area contributed by atoms with Gasteiger partial charge in [-0.25, -0.2) is 4.98 Å². The highest BCUT2D eigenvalue weighted by atomic mass is 16.5. The zero-order valence-electron chi connectivity index (χ0n) is 8.31. The van der Waals surface area contributed by atoms with Gasteiger partial charge in [-0.15, -0.1) is 0 Å². The van der Waals surface area contributed by atoms with Crippen LogP contribution in [0.4, 0.5) is 0 Å². The van der Waals surface area contributed by atoms with Gasteiger partial charge in [0.15, 0.2) is 5.82 Å². The lowest BCUT2D eigenvalue weighted by atomic mass is 10.2. The topological polar surface area (TPSA) is 93.6 Å². The molecule has 0 bridgehead atoms. The number of hydrogen-bond acceptors (Lipinski definition) is 5. The molecular formula is C9H13N5O. The fraction of sp³-hybridized carbons (Fsp3) is 0.444. The van der Waals surface area contributed by atoms with E-state index < -0.39 is 0 Å². The molecule has 2 aromatic rings. The number of unbranched alkanes of at least 4 members (excludes halogenated alkanes) is 1. The van der Waals surface area contributed by atoms with Gasteiger partial charge in [-0.2, -0.15) is 4.98 Å². The second-order valence-electron chi connectivity index (χ2n) is 3.20. The number of hydrogen-bond donors (Lipinski definition) is 2. The van der Waals surface area contributed by atoms with Crippen molar-refractivity contribution in [2.45, 2.75) is 19.3 Å². The summed E-state index contributed by atoms with van der Waals surface area (Å²) in [5, 5.41) is 3.83. The van der Waals surface area contributed by atoms with Gasteiger partial charge in [0, 0.05) is 18.8 Å². The molecule has 6 nitrogen and oxygen atoms in total. The van der Waals surface area contributed by atoms with Gasteiger partial charge in [-0.05, 0) is 19.4 Å². The molecule has 3 N–H and O–H groups in total. The van der Waals surface area contributed by atoms with Crippen molar-refractivity contribution in [1.29, 1.82) is 0 Å². The average molecular weight is 207 g/mol. The van der Waals surface area contributed by atoms with Gasteiger partial charge in [-0.1, -0.05) is 5.16 Å². The summed E-state index contributed by atoms with van der Waals surface area (Å²) in [6, 6.07) is 0. The third-order valence-electron chi connectivity index (χ3n) is 2.02. The molecule has 0 radical (unpaired) electrons. The number of nitrogens with one attached hydrogen (secondary N) is 1. The first-order valence-electron chi connectivity index (χ1n) is 4.92. The second-order valence-corrected chi connectivity index (χ2v) is 3.20. The summed E-state index contributed by atoms with van der Waals surface area (Å²) in [6.45, 7) is 0.694. The van der Waals surface area contributed by atoms with Crippen LogP contribution < -0.4 is 5.73 Å². The summed E-state index contributed by atoms with van der Waals surface area (Å²) in [5.41, 5.74) is 5.39. The van der Waals surface area contributed by atoms with E-state index in [4.69, 9.17) is 10.3 Å². The largest absolute Gasteiger partial charge is 0.342 e. The first-order valence-corrected chi connectivity index (χ1v) is 4.92. The maximum Gasteiger partial charge on any atom is 0.238 e. The van der Waals surface area contributed by atoms with Crippen LogP contribution in [0.25, 0.3) is 11.6 Å². The van der Waals surface area contributed by atoms with Gasteiger partial charge in [-0.3, -0.25) is 0 Å². The molecule has 2 heterocycles. The van der Waals surface area contributed by atoms with E-state index in [2.05, 4.69) is 20.1 Å². The van der Waals surface area contributed by atoms with Gasteiger partial charge < -0.3 is 15.2 Å². The third-order valence-corrected chi connectivity index (χ3v) is 2.02. The maximum atomic E-state index is 5.39. The molecule has 0 fully saturated rings. The van der Waals surface area contributed by atoms with Crippen LogP contribution >= 0.6 is 0 Å². The maximum absolute atomic E-state index is 5.39. The minimum atomic E-state index is 0.503. The summed E-state index contributed by atoms with van der Waals surface area (Å²) in [7, 11) is 0. The number of aryl methyl sites for hydroxylation is 1. The third kappa shape index (κ3) is 2.41. The number of aromatic nitrogens is 4. The highest BCUT2D eigenvalue weighted by Crippen LogP contribution is 2.10. The predicted molar refractivity (Wildman–Crippen MR) is 53.9 cm³/mol. The number of aromatic amines is 1. The van der Waals surface area contributed by atoms with Crippen LogP contribution in [-0.4, -0.2) is 26.7 Å². The van der Waals surface area contributed by atoms with Crippen LogP contribution in [0.15, 0.2) is 16.9 Å². The summed E-state index contributed by atoms with van der Waals surface area (Å²) in [5.74, 6) is 1.77. The minimum Gasteiger partial charge on any atom is -0.342 e. The number of rotatable bonds is 5. The van der Waals surface area contributed by atoms with Crippen molar-refractivity contribution in [2.75, 3.05) is 6.54 Å². The van der Waals surface area contributed by atoms with Crippen molar-refractivity contribution in [1.82, 2.24) is 20.1 Å². The van der Waals surface area contributed by atoms with E-state index in [1.54, 1.807) is 12.4 Å². The van der Waals surface area contributed by atoms with E-state index in [1.807, 2.05) is 0 Å². The Bertz CT molecular complexity index is 394. The number of imidazole rings is 1. The normalized spacial score (nSPS) is 10.7. The van der Waals surface area contributed by atoms with Crippen molar-refractivity contribution in [3.63, 3.8) is 0 Å². The molecule has 0 aliphatic carbocycles. The molecule has 0 aliphatic heterocycles. The Labute approximate surface area is 86.9 Å². The number of nitrogens with zero attached hydrogens (tertiary/aromatic N) is 3. The fourth-order valence-corrected chi connectivity index (χ4v) is 1.26. The van der Waals surface area contributed by atoms with Gasteiger partial charge in [0.05, 0.1) is 0 Å². The first kappa shape index (κ1) is 9.85. The van der Waals surface area contributed by atoms with E-state index in [9.17, 15) is 0 Å². The SMILES string of the molecule is NCCCCc1nc(-c2ncc[nH]2)no1. The van der Waals surface area contributed by atoms with Crippen molar-refractivity contribution in [2.24, 2.45) is 5.73 Å². The van der Waals surface area contributed by atoms with Gasteiger partial charge in [0.2, 0.25) is 11.7 Å². The standard InChI is InChI=1S/C9H13N5O/c10-4-2-1-3-7-13-9(14-15-7)8-11-5-6-12-8/h5-6H,1-4,10H2,(H,11,12). The molecule has 6 heteroatoms. The van der Waals surface area contributed by atoms with Crippen molar-refractivity contribution < 1.29 is 4.52 Å². The van der Waals surface area contributed by atoms with E-state index in [1.165, 1.54) is 0 Å². The van der Waals surface area contributed by atoms with Gasteiger partial charge in [0.25, 0.3) is 0 Å². The Morgan fingerprint density at radius 1 is 1.40 bits per heavy atom. The molecule has 80 valence electrons. The summed E-state index contributed by atoms with van der Waals surface area (Å²) in [4.78, 5) is 11.2. The summed E-state index contributed by atoms with van der Waals surface area (Å²) in [6.07, 6.45) is 6.08. The number of nitrogens with two attached hydrogens (primary N) is 1. The first-order chi connectivity index (χ1) is 7.40. The number of H-pyrrole nitrogens is 1. The molecule has 2 rings (SSSR count). The molecule has 0 unspecified atom stereocenters. The summed E-state index contributed by atoms with van der Waals surface area (Å²) < 4.78 is 5.07. The monoisotopic (exact) mass is 207 g/mol. The Morgan fingerprint density at radius 2 is 2.33 bits per heavy atom. The van der Waals surface area contributed by atoms with Crippen LogP contribution in [0.3, 0.4) is 0 Å². The molecule has 0 aromatic carbocycles. The average Bonchev–Trinajstić information content (AvgIpc) is 2.87. The smallest absolute Gasteiger partial charge is 0.238 e. The highest BCUT2D eigenvalue weighted by Gasteiger charge is 2.09. The Hall–Kier alpha value is -1.69. The van der Waals surface area contributed by atoms with Gasteiger partial charge in [0.1, 0.15) is 0 Å². The quantitative estimate of drug-likeness (QED) is 0.705. The highest BCUT2D eigenvalue weighted by molar-refractivity contribution is 5.40. The minimum absolute atomic E-state index is 0.503. The van der Waals surface area contributed by atoms with E-state index in [0.717, 1.165) is 19.3 Å². The Balaban J connectivity index is 1.98. The molecular weight excluding hydrogens is 194 g/mol. The van der Waals surface area contributed by atoms with Crippen LogP contribution in [-0.2, 0) is 6.42 Å². The molecule has 0 atom stereocenters. The van der Waals surface area contributed by atoms with E-state index in [-0.39, 0.29) is 0 Å². The van der Waals surface area contributed by atoms with Crippen LogP contribution in [0.2, 0.25) is 0 Å². The molecule has 2 aromatic heterocycles.